The summed E-state index contributed by atoms with van der Waals surface area (Å²) in [6.07, 6.45) is 6.60. The van der Waals surface area contributed by atoms with Crippen LogP contribution in [0.15, 0.2) is 24.3 Å². The molecule has 0 radical (unpaired) electrons. The van der Waals surface area contributed by atoms with Gasteiger partial charge in [-0.15, -0.1) is 0 Å². The van der Waals surface area contributed by atoms with Crippen LogP contribution in [-0.4, -0.2) is 53.6 Å². The van der Waals surface area contributed by atoms with E-state index in [9.17, 15) is 0 Å². The number of benzene rings is 1. The number of ether oxygens (including phenoxy) is 1. The van der Waals surface area contributed by atoms with Crippen LogP contribution >= 0.6 is 11.5 Å². The van der Waals surface area contributed by atoms with Crippen LogP contribution in [0.2, 0.25) is 0 Å². The number of anilines is 1. The lowest BCUT2D eigenvalue weighted by Gasteiger charge is -2.48. The summed E-state index contributed by atoms with van der Waals surface area (Å²) in [6, 6.07) is 9.34. The first kappa shape index (κ1) is 18.4. The van der Waals surface area contributed by atoms with Gasteiger partial charge in [-0.05, 0) is 69.7 Å². The van der Waals surface area contributed by atoms with Gasteiger partial charge in [-0.1, -0.05) is 18.2 Å². The van der Waals surface area contributed by atoms with E-state index in [1.54, 1.807) is 18.6 Å². The highest BCUT2D eigenvalue weighted by Gasteiger charge is 2.50. The summed E-state index contributed by atoms with van der Waals surface area (Å²) in [7, 11) is 1.79. The van der Waals surface area contributed by atoms with Crippen molar-refractivity contribution in [3.63, 3.8) is 0 Å². The standard InChI is InChI=1S/C22H30N4OS/c1-16-23-21(28-24-16)26-14-22(15-26)10-7-18(13-22)25-11-8-17(9-12-25)19-5-3-4-6-20(19)27-2/h3-6,17-18H,7-15H2,1-2H3/t18-/m1/s1. The fraction of sp³-hybridized carbons (Fsp3) is 0.636. The Kier molecular flexibility index (Phi) is 4.79. The van der Waals surface area contributed by atoms with E-state index in [4.69, 9.17) is 4.74 Å². The maximum Gasteiger partial charge on any atom is 0.205 e. The number of hydrogen-bond acceptors (Lipinski definition) is 6. The molecule has 2 aliphatic heterocycles. The van der Waals surface area contributed by atoms with Gasteiger partial charge in [0.2, 0.25) is 5.13 Å². The van der Waals surface area contributed by atoms with E-state index in [1.807, 2.05) is 6.92 Å². The lowest BCUT2D eigenvalue weighted by atomic mass is 9.78. The lowest BCUT2D eigenvalue weighted by molar-refractivity contribution is 0.131. The average Bonchev–Trinajstić information content (AvgIpc) is 3.34. The van der Waals surface area contributed by atoms with Crippen molar-refractivity contribution in [1.29, 1.82) is 0 Å². The number of aryl methyl sites for hydroxylation is 1. The Balaban J connectivity index is 1.15. The Morgan fingerprint density at radius 2 is 1.93 bits per heavy atom. The number of hydrogen-bond donors (Lipinski definition) is 0. The van der Waals surface area contributed by atoms with Crippen LogP contribution in [0.25, 0.3) is 0 Å². The molecule has 2 aromatic rings. The summed E-state index contributed by atoms with van der Waals surface area (Å²) in [4.78, 5) is 9.77. The number of nitrogens with zero attached hydrogens (tertiary/aromatic N) is 4. The third-order valence-corrected chi connectivity index (χ3v) is 8.01. The minimum Gasteiger partial charge on any atom is -0.496 e. The zero-order valence-corrected chi connectivity index (χ0v) is 17.7. The summed E-state index contributed by atoms with van der Waals surface area (Å²) in [5.74, 6) is 2.60. The second-order valence-electron chi connectivity index (χ2n) is 8.93. The predicted molar refractivity (Wildman–Crippen MR) is 113 cm³/mol. The minimum atomic E-state index is 0.531. The smallest absolute Gasteiger partial charge is 0.205 e. The van der Waals surface area contributed by atoms with Gasteiger partial charge in [-0.25, -0.2) is 4.98 Å². The van der Waals surface area contributed by atoms with Crippen LogP contribution in [0.3, 0.4) is 0 Å². The normalized spacial score (nSPS) is 25.2. The predicted octanol–water partition coefficient (Wildman–Crippen LogP) is 4.09. The maximum absolute atomic E-state index is 5.60. The molecule has 1 aliphatic carbocycles. The third-order valence-electron chi connectivity index (χ3n) is 7.14. The molecule has 0 amide bonds. The molecule has 1 aromatic carbocycles. The first-order chi connectivity index (χ1) is 13.7. The van der Waals surface area contributed by atoms with Crippen LogP contribution in [0, 0.1) is 12.3 Å². The molecular formula is C22H30N4OS. The van der Waals surface area contributed by atoms with E-state index in [-0.39, 0.29) is 0 Å². The van der Waals surface area contributed by atoms with Gasteiger partial charge in [0.1, 0.15) is 11.6 Å². The minimum absolute atomic E-state index is 0.531. The molecule has 0 N–H and O–H groups in total. The third kappa shape index (κ3) is 3.30. The number of methoxy groups -OCH3 is 1. The molecule has 150 valence electrons. The first-order valence-corrected chi connectivity index (χ1v) is 11.4. The van der Waals surface area contributed by atoms with Gasteiger partial charge < -0.3 is 14.5 Å². The average molecular weight is 399 g/mol. The van der Waals surface area contributed by atoms with E-state index in [0.29, 0.717) is 11.3 Å². The number of piperidine rings is 1. The van der Waals surface area contributed by atoms with Gasteiger partial charge in [0.25, 0.3) is 0 Å². The largest absolute Gasteiger partial charge is 0.496 e. The monoisotopic (exact) mass is 398 g/mol. The Morgan fingerprint density at radius 3 is 2.64 bits per heavy atom. The highest BCUT2D eigenvalue weighted by molar-refractivity contribution is 7.09. The van der Waals surface area contributed by atoms with Crippen LogP contribution in [0.5, 0.6) is 5.75 Å². The molecule has 0 unspecified atom stereocenters. The molecular weight excluding hydrogens is 368 g/mol. The van der Waals surface area contributed by atoms with Gasteiger partial charge >= 0.3 is 0 Å². The molecule has 0 bridgehead atoms. The van der Waals surface area contributed by atoms with E-state index >= 15 is 0 Å². The van der Waals surface area contributed by atoms with Crippen molar-refractivity contribution < 1.29 is 4.74 Å². The number of para-hydroxylation sites is 1. The highest BCUT2D eigenvalue weighted by Crippen LogP contribution is 2.49. The molecule has 2 saturated heterocycles. The van der Waals surface area contributed by atoms with Gasteiger partial charge in [0.05, 0.1) is 7.11 Å². The van der Waals surface area contributed by atoms with Crippen molar-refractivity contribution in [2.75, 3.05) is 38.2 Å². The van der Waals surface area contributed by atoms with Crippen LogP contribution in [0.1, 0.15) is 49.4 Å². The van der Waals surface area contributed by atoms with Gasteiger partial charge in [0.15, 0.2) is 0 Å². The van der Waals surface area contributed by atoms with E-state index in [2.05, 4.69) is 43.4 Å². The maximum atomic E-state index is 5.60. The Labute approximate surface area is 171 Å². The second kappa shape index (κ2) is 7.30. The molecule has 1 aromatic heterocycles. The molecule has 3 fully saturated rings. The Bertz CT molecular complexity index is 823. The molecule has 1 saturated carbocycles. The number of likely N-dealkylation sites (tertiary alicyclic amines) is 1. The van der Waals surface area contributed by atoms with Crippen molar-refractivity contribution in [2.24, 2.45) is 5.41 Å². The van der Waals surface area contributed by atoms with Crippen molar-refractivity contribution >= 4 is 16.7 Å². The molecule has 3 aliphatic rings. The zero-order chi connectivity index (χ0) is 19.1. The van der Waals surface area contributed by atoms with Crippen molar-refractivity contribution in [3.05, 3.63) is 35.7 Å². The molecule has 3 heterocycles. The number of aromatic nitrogens is 2. The first-order valence-electron chi connectivity index (χ1n) is 10.6. The van der Waals surface area contributed by atoms with Crippen LogP contribution in [0.4, 0.5) is 5.13 Å². The number of rotatable bonds is 4. The second-order valence-corrected chi connectivity index (χ2v) is 9.66. The van der Waals surface area contributed by atoms with Crippen molar-refractivity contribution in [2.45, 2.75) is 51.0 Å². The summed E-state index contributed by atoms with van der Waals surface area (Å²) in [5, 5.41) is 1.11. The Hall–Kier alpha value is -1.66. The molecule has 28 heavy (non-hydrogen) atoms. The Morgan fingerprint density at radius 1 is 1.14 bits per heavy atom. The summed E-state index contributed by atoms with van der Waals surface area (Å²) in [6.45, 7) is 6.78. The van der Waals surface area contributed by atoms with Crippen molar-refractivity contribution in [3.8, 4) is 5.75 Å². The van der Waals surface area contributed by atoms with E-state index in [0.717, 1.165) is 22.7 Å². The van der Waals surface area contributed by atoms with E-state index in [1.165, 1.54) is 63.8 Å². The fourth-order valence-electron chi connectivity index (χ4n) is 5.67. The van der Waals surface area contributed by atoms with Crippen molar-refractivity contribution in [1.82, 2.24) is 14.3 Å². The zero-order valence-electron chi connectivity index (χ0n) is 16.9. The quantitative estimate of drug-likeness (QED) is 0.776. The topological polar surface area (TPSA) is 41.5 Å². The fourth-order valence-corrected chi connectivity index (χ4v) is 6.34. The summed E-state index contributed by atoms with van der Waals surface area (Å²) < 4.78 is 9.93. The highest BCUT2D eigenvalue weighted by atomic mass is 32.1. The lowest BCUT2D eigenvalue weighted by Crippen LogP contribution is -2.56. The molecule has 5 nitrogen and oxygen atoms in total. The summed E-state index contributed by atoms with van der Waals surface area (Å²) in [5.41, 5.74) is 1.93. The van der Waals surface area contributed by atoms with Gasteiger partial charge in [0, 0.05) is 36.1 Å². The SMILES string of the molecule is COc1ccccc1C1CCN([C@@H]2CCC3(C2)CN(c2nc(C)ns2)C3)CC1. The summed E-state index contributed by atoms with van der Waals surface area (Å²) >= 11 is 1.55. The van der Waals surface area contributed by atoms with Crippen LogP contribution in [-0.2, 0) is 0 Å². The molecule has 6 heteroatoms. The molecule has 5 rings (SSSR count). The van der Waals surface area contributed by atoms with Crippen LogP contribution < -0.4 is 9.64 Å². The van der Waals surface area contributed by atoms with E-state index < -0.39 is 0 Å². The van der Waals surface area contributed by atoms with Gasteiger partial charge in [-0.3, -0.25) is 0 Å². The van der Waals surface area contributed by atoms with Gasteiger partial charge in [-0.2, -0.15) is 4.37 Å². The molecule has 1 spiro atoms. The molecule has 1 atom stereocenters.